The van der Waals surface area contributed by atoms with Crippen molar-refractivity contribution in [1.29, 1.82) is 0 Å². The van der Waals surface area contributed by atoms with Crippen LogP contribution in [0.5, 0.6) is 5.75 Å². The monoisotopic (exact) mass is 331 g/mol. The highest BCUT2D eigenvalue weighted by Gasteiger charge is 2.18. The number of H-pyrrole nitrogens is 1. The Morgan fingerprint density at radius 1 is 1.30 bits per heavy atom. The van der Waals surface area contributed by atoms with E-state index in [1.165, 1.54) is 17.4 Å². The fraction of sp³-hybridized carbons (Fsp3) is 0.333. The summed E-state index contributed by atoms with van der Waals surface area (Å²) >= 11 is 1.27. The molecule has 4 nitrogen and oxygen atoms in total. The van der Waals surface area contributed by atoms with Gasteiger partial charge in [-0.3, -0.25) is 9.59 Å². The van der Waals surface area contributed by atoms with Crippen molar-refractivity contribution >= 4 is 29.3 Å². The number of carbonyl (C=O) groups excluding carboxylic acids is 1. The molecule has 0 aliphatic rings. The number of thiazole rings is 1. The average Bonchev–Trinajstić information content (AvgIpc) is 2.78. The summed E-state index contributed by atoms with van der Waals surface area (Å²) in [5, 5.41) is 0. The van der Waals surface area contributed by atoms with Crippen LogP contribution in [0.25, 0.3) is 12.2 Å². The Balaban J connectivity index is 2.55. The normalized spacial score (nSPS) is 13.4. The summed E-state index contributed by atoms with van der Waals surface area (Å²) < 4.78 is 6.43. The molecule has 1 heterocycles. The van der Waals surface area contributed by atoms with Gasteiger partial charge >= 0.3 is 0 Å². The number of Topliss-reactive ketones (excluding diaryl/α,β-unsaturated/α-hetero) is 1. The summed E-state index contributed by atoms with van der Waals surface area (Å²) in [5.41, 5.74) is 1.25. The largest absolute Gasteiger partial charge is 0.496 e. The van der Waals surface area contributed by atoms with Gasteiger partial charge in [-0.2, -0.15) is 0 Å². The van der Waals surface area contributed by atoms with Crippen molar-refractivity contribution in [3.05, 3.63) is 48.9 Å². The molecule has 5 heteroatoms. The fourth-order valence-corrected chi connectivity index (χ4v) is 2.84. The molecule has 0 unspecified atom stereocenters. The zero-order chi connectivity index (χ0) is 17.2. The Kier molecular flexibility index (Phi) is 4.90. The Hall–Kier alpha value is -2.14. The molecule has 0 radical (unpaired) electrons. The average molecular weight is 331 g/mol. The third-order valence-electron chi connectivity index (χ3n) is 3.35. The first kappa shape index (κ1) is 17.2. The molecule has 122 valence electrons. The van der Waals surface area contributed by atoms with Crippen molar-refractivity contribution in [1.82, 2.24) is 4.98 Å². The molecule has 2 rings (SSSR count). The van der Waals surface area contributed by atoms with Crippen molar-refractivity contribution in [2.75, 3.05) is 7.11 Å². The van der Waals surface area contributed by atoms with Crippen molar-refractivity contribution < 1.29 is 9.53 Å². The molecule has 23 heavy (non-hydrogen) atoms. The second-order valence-electron chi connectivity index (χ2n) is 6.43. The molecular formula is C18H21NO3S. The third-order valence-corrected chi connectivity index (χ3v) is 4.32. The number of aromatic nitrogens is 1. The van der Waals surface area contributed by atoms with Crippen LogP contribution >= 0.6 is 11.3 Å². The third kappa shape index (κ3) is 4.20. The molecule has 1 aromatic carbocycles. The molecule has 0 atom stereocenters. The maximum atomic E-state index is 12.1. The molecule has 2 aromatic rings. The topological polar surface area (TPSA) is 59.2 Å². The second-order valence-corrected chi connectivity index (χ2v) is 7.52. The summed E-state index contributed by atoms with van der Waals surface area (Å²) in [6, 6.07) is 5.79. The Morgan fingerprint density at radius 3 is 2.61 bits per heavy atom. The van der Waals surface area contributed by atoms with Crippen LogP contribution in [-0.2, 0) is 4.79 Å². The van der Waals surface area contributed by atoms with E-state index < -0.39 is 5.41 Å². The first-order valence-corrected chi connectivity index (χ1v) is 8.14. The molecular weight excluding hydrogens is 310 g/mol. The number of ether oxygens (including phenoxy) is 1. The van der Waals surface area contributed by atoms with Gasteiger partial charge in [-0.05, 0) is 25.1 Å². The van der Waals surface area contributed by atoms with E-state index in [-0.39, 0.29) is 11.3 Å². The number of nitrogens with one attached hydrogen (secondary N) is 1. The zero-order valence-electron chi connectivity index (χ0n) is 14.0. The van der Waals surface area contributed by atoms with Crippen LogP contribution in [0.1, 0.15) is 31.9 Å². The Morgan fingerprint density at radius 2 is 2.00 bits per heavy atom. The number of hydrogen-bond donors (Lipinski definition) is 1. The zero-order valence-corrected chi connectivity index (χ0v) is 14.8. The first-order valence-electron chi connectivity index (χ1n) is 7.32. The minimum Gasteiger partial charge on any atom is -0.496 e. The summed E-state index contributed by atoms with van der Waals surface area (Å²) in [6.45, 7) is 7.53. The lowest BCUT2D eigenvalue weighted by Gasteiger charge is -2.12. The standard InChI is InChI=1S/C18H21NO3S/c1-11-6-7-13(22-5)12(8-11)9-14-17(21)19-16(23-14)10-15(20)18(2,3)4/h6-10H,1-5H3,(H,19,21). The number of methoxy groups -OCH3 is 1. The Labute approximate surface area is 139 Å². The molecule has 0 fully saturated rings. The number of aromatic amines is 1. The lowest BCUT2D eigenvalue weighted by atomic mass is 9.91. The number of rotatable bonds is 3. The van der Waals surface area contributed by atoms with E-state index in [4.69, 9.17) is 4.74 Å². The van der Waals surface area contributed by atoms with Crippen LogP contribution in [-0.4, -0.2) is 17.9 Å². The number of carbonyl (C=O) groups is 1. The lowest BCUT2D eigenvalue weighted by Crippen LogP contribution is -2.22. The molecule has 0 aliphatic heterocycles. The summed E-state index contributed by atoms with van der Waals surface area (Å²) in [5.74, 6) is 0.689. The van der Waals surface area contributed by atoms with Gasteiger partial charge in [0.15, 0.2) is 5.78 Å². The summed E-state index contributed by atoms with van der Waals surface area (Å²) in [6.07, 6.45) is 3.28. The quantitative estimate of drug-likeness (QED) is 0.935. The van der Waals surface area contributed by atoms with Crippen molar-refractivity contribution in [3.63, 3.8) is 0 Å². The van der Waals surface area contributed by atoms with Crippen LogP contribution in [0.4, 0.5) is 0 Å². The maximum Gasteiger partial charge on any atom is 0.266 e. The van der Waals surface area contributed by atoms with Gasteiger partial charge in [0.25, 0.3) is 5.56 Å². The minimum atomic E-state index is -0.468. The summed E-state index contributed by atoms with van der Waals surface area (Å²) in [4.78, 5) is 26.9. The first-order chi connectivity index (χ1) is 10.7. The predicted octanol–water partition coefficient (Wildman–Crippen LogP) is 1.98. The second kappa shape index (κ2) is 6.54. The van der Waals surface area contributed by atoms with E-state index >= 15 is 0 Å². The van der Waals surface area contributed by atoms with Crippen LogP contribution < -0.4 is 19.5 Å². The van der Waals surface area contributed by atoms with E-state index in [1.54, 1.807) is 13.2 Å². The summed E-state index contributed by atoms with van der Waals surface area (Å²) in [7, 11) is 1.60. The van der Waals surface area contributed by atoms with Gasteiger partial charge in [0, 0.05) is 17.1 Å². The number of aryl methyl sites for hydroxylation is 1. The Bertz CT molecular complexity index is 898. The van der Waals surface area contributed by atoms with E-state index in [0.717, 1.165) is 11.1 Å². The highest BCUT2D eigenvalue weighted by molar-refractivity contribution is 7.07. The van der Waals surface area contributed by atoms with Crippen LogP contribution in [0.3, 0.4) is 0 Å². The molecule has 0 spiro atoms. The number of hydrogen-bond acceptors (Lipinski definition) is 4. The SMILES string of the molecule is COc1ccc(C)cc1C=c1sc(=CC(=O)C(C)(C)C)[nH]c1=O. The molecule has 0 saturated carbocycles. The highest BCUT2D eigenvalue weighted by atomic mass is 32.1. The molecule has 1 N–H and O–H groups in total. The van der Waals surface area contributed by atoms with Gasteiger partial charge in [0.05, 0.1) is 16.3 Å². The molecule has 0 saturated heterocycles. The van der Waals surface area contributed by atoms with E-state index in [2.05, 4.69) is 4.98 Å². The van der Waals surface area contributed by atoms with E-state index in [9.17, 15) is 9.59 Å². The van der Waals surface area contributed by atoms with Gasteiger partial charge in [0.2, 0.25) is 0 Å². The van der Waals surface area contributed by atoms with Crippen molar-refractivity contribution in [3.8, 4) is 5.75 Å². The van der Waals surface area contributed by atoms with Crippen LogP contribution in [0.2, 0.25) is 0 Å². The van der Waals surface area contributed by atoms with Gasteiger partial charge in [-0.15, -0.1) is 11.3 Å². The fourth-order valence-electron chi connectivity index (χ4n) is 1.97. The number of ketones is 1. The smallest absolute Gasteiger partial charge is 0.266 e. The van der Waals surface area contributed by atoms with E-state index in [0.29, 0.717) is 14.9 Å². The number of benzene rings is 1. The van der Waals surface area contributed by atoms with Crippen LogP contribution in [0.15, 0.2) is 23.0 Å². The van der Waals surface area contributed by atoms with Crippen LogP contribution in [0, 0.1) is 12.3 Å². The lowest BCUT2D eigenvalue weighted by molar-refractivity contribution is -0.119. The van der Waals surface area contributed by atoms with Gasteiger partial charge in [-0.25, -0.2) is 0 Å². The predicted molar refractivity (Wildman–Crippen MR) is 94.4 cm³/mol. The van der Waals surface area contributed by atoms with Crippen molar-refractivity contribution in [2.24, 2.45) is 5.41 Å². The van der Waals surface area contributed by atoms with Crippen molar-refractivity contribution in [2.45, 2.75) is 27.7 Å². The molecule has 0 amide bonds. The minimum absolute atomic E-state index is 0.0188. The molecule has 0 bridgehead atoms. The molecule has 0 aliphatic carbocycles. The maximum absolute atomic E-state index is 12.1. The highest BCUT2D eigenvalue weighted by Crippen LogP contribution is 2.20. The van der Waals surface area contributed by atoms with E-state index in [1.807, 2.05) is 45.9 Å². The van der Waals surface area contributed by atoms with Gasteiger partial charge in [0.1, 0.15) is 5.75 Å². The molecule has 1 aromatic heterocycles. The van der Waals surface area contributed by atoms with Gasteiger partial charge in [-0.1, -0.05) is 32.4 Å². The van der Waals surface area contributed by atoms with Gasteiger partial charge < -0.3 is 9.72 Å².